The Morgan fingerprint density at radius 1 is 1.50 bits per heavy atom. The van der Waals surface area contributed by atoms with Crippen molar-refractivity contribution in [1.82, 2.24) is 9.78 Å². The van der Waals surface area contributed by atoms with Crippen molar-refractivity contribution in [3.8, 4) is 0 Å². The van der Waals surface area contributed by atoms with Gasteiger partial charge in [0.05, 0.1) is 11.2 Å². The summed E-state index contributed by atoms with van der Waals surface area (Å²) in [7, 11) is 1.71. The quantitative estimate of drug-likeness (QED) is 0.621. The molecule has 0 bridgehead atoms. The molecule has 2 heterocycles. The van der Waals surface area contributed by atoms with Gasteiger partial charge >= 0.3 is 5.69 Å². The van der Waals surface area contributed by atoms with Gasteiger partial charge in [-0.1, -0.05) is 13.3 Å². The molecule has 2 rings (SSSR count). The Bertz CT molecular complexity index is 575. The second-order valence-corrected chi connectivity index (χ2v) is 4.53. The molecule has 0 atom stereocenters. The second-order valence-electron chi connectivity index (χ2n) is 4.53. The normalized spacial score (nSPS) is 10.7. The van der Waals surface area contributed by atoms with Gasteiger partial charge in [-0.15, -0.1) is 0 Å². The average molecular weight is 278 g/mol. The first-order chi connectivity index (χ1) is 9.63. The van der Waals surface area contributed by atoms with E-state index in [0.29, 0.717) is 30.9 Å². The third kappa shape index (κ3) is 2.98. The Morgan fingerprint density at radius 2 is 2.30 bits per heavy atom. The molecule has 108 valence electrons. The molecule has 0 aromatic carbocycles. The summed E-state index contributed by atoms with van der Waals surface area (Å²) in [6.45, 7) is 2.53. The predicted molar refractivity (Wildman–Crippen MR) is 74.8 cm³/mol. The molecule has 2 aromatic heterocycles. The predicted octanol–water partition coefficient (Wildman–Crippen LogP) is 2.53. The summed E-state index contributed by atoms with van der Waals surface area (Å²) in [5, 5.41) is 18.5. The van der Waals surface area contributed by atoms with Crippen LogP contribution in [0.5, 0.6) is 0 Å². The SMILES string of the molecule is CCCc1nn(C)c(NCCc2ccco2)c1[N+](=O)[O-]. The lowest BCUT2D eigenvalue weighted by molar-refractivity contribution is -0.384. The number of hydrogen-bond acceptors (Lipinski definition) is 5. The largest absolute Gasteiger partial charge is 0.469 e. The molecular formula is C13H18N4O3. The van der Waals surface area contributed by atoms with Gasteiger partial charge < -0.3 is 9.73 Å². The number of aromatic nitrogens is 2. The fraction of sp³-hybridized carbons (Fsp3) is 0.462. The third-order valence-corrected chi connectivity index (χ3v) is 3.01. The molecule has 7 nitrogen and oxygen atoms in total. The van der Waals surface area contributed by atoms with Gasteiger partial charge in [0.2, 0.25) is 5.82 Å². The fourth-order valence-electron chi connectivity index (χ4n) is 2.12. The summed E-state index contributed by atoms with van der Waals surface area (Å²) in [6.07, 6.45) is 3.70. The lowest BCUT2D eigenvalue weighted by atomic mass is 10.2. The standard InChI is InChI=1S/C13H18N4O3/c1-3-5-11-12(17(18)19)13(16(2)15-11)14-8-7-10-6-4-9-20-10/h4,6,9,14H,3,5,7-8H2,1-2H3. The molecule has 0 saturated heterocycles. The van der Waals surface area contributed by atoms with Crippen LogP contribution in [0.15, 0.2) is 22.8 Å². The van der Waals surface area contributed by atoms with Crippen LogP contribution in [0, 0.1) is 10.1 Å². The van der Waals surface area contributed by atoms with Crippen molar-refractivity contribution < 1.29 is 9.34 Å². The molecule has 0 fully saturated rings. The number of nitro groups is 1. The molecule has 0 spiro atoms. The van der Waals surface area contributed by atoms with E-state index in [9.17, 15) is 10.1 Å². The number of nitrogens with one attached hydrogen (secondary N) is 1. The lowest BCUT2D eigenvalue weighted by Gasteiger charge is -2.04. The Morgan fingerprint density at radius 3 is 2.90 bits per heavy atom. The van der Waals surface area contributed by atoms with Crippen LogP contribution < -0.4 is 5.32 Å². The topological polar surface area (TPSA) is 86.1 Å². The van der Waals surface area contributed by atoms with Crippen molar-refractivity contribution in [1.29, 1.82) is 0 Å². The van der Waals surface area contributed by atoms with E-state index in [-0.39, 0.29) is 10.6 Å². The first-order valence-corrected chi connectivity index (χ1v) is 6.60. The van der Waals surface area contributed by atoms with E-state index >= 15 is 0 Å². The van der Waals surface area contributed by atoms with Gasteiger partial charge in [0, 0.05) is 20.0 Å². The number of hydrogen-bond donors (Lipinski definition) is 1. The molecule has 2 aromatic rings. The zero-order chi connectivity index (χ0) is 14.5. The van der Waals surface area contributed by atoms with Gasteiger partial charge in [-0.25, -0.2) is 4.68 Å². The number of nitrogens with zero attached hydrogens (tertiary/aromatic N) is 3. The van der Waals surface area contributed by atoms with Crippen LogP contribution in [0.3, 0.4) is 0 Å². The van der Waals surface area contributed by atoms with E-state index < -0.39 is 0 Å². The van der Waals surface area contributed by atoms with Crippen LogP contribution in [-0.2, 0) is 19.9 Å². The molecule has 20 heavy (non-hydrogen) atoms. The van der Waals surface area contributed by atoms with Crippen molar-refractivity contribution >= 4 is 11.5 Å². The minimum absolute atomic E-state index is 0.0776. The molecule has 0 saturated carbocycles. The van der Waals surface area contributed by atoms with E-state index in [1.54, 1.807) is 13.3 Å². The van der Waals surface area contributed by atoms with E-state index in [1.165, 1.54) is 4.68 Å². The highest BCUT2D eigenvalue weighted by atomic mass is 16.6. The Hall–Kier alpha value is -2.31. The highest BCUT2D eigenvalue weighted by Gasteiger charge is 2.25. The van der Waals surface area contributed by atoms with Gasteiger partial charge in [-0.3, -0.25) is 10.1 Å². The van der Waals surface area contributed by atoms with E-state index in [2.05, 4.69) is 10.4 Å². The minimum atomic E-state index is -0.368. The van der Waals surface area contributed by atoms with Gasteiger partial charge in [-0.2, -0.15) is 5.10 Å². The lowest BCUT2D eigenvalue weighted by Crippen LogP contribution is -2.09. The van der Waals surface area contributed by atoms with Crippen molar-refractivity contribution in [2.75, 3.05) is 11.9 Å². The molecular weight excluding hydrogens is 260 g/mol. The first kappa shape index (κ1) is 14.1. The van der Waals surface area contributed by atoms with Crippen molar-refractivity contribution in [3.05, 3.63) is 40.0 Å². The molecule has 0 aliphatic rings. The number of rotatable bonds is 7. The molecule has 0 amide bonds. The third-order valence-electron chi connectivity index (χ3n) is 3.01. The summed E-state index contributed by atoms with van der Waals surface area (Å²) in [4.78, 5) is 10.8. The summed E-state index contributed by atoms with van der Waals surface area (Å²) in [5.74, 6) is 1.29. The van der Waals surface area contributed by atoms with Gasteiger partial charge in [0.25, 0.3) is 0 Å². The maximum Gasteiger partial charge on any atom is 0.333 e. The molecule has 0 aliphatic heterocycles. The molecule has 1 N–H and O–H groups in total. The van der Waals surface area contributed by atoms with Crippen molar-refractivity contribution in [2.45, 2.75) is 26.2 Å². The van der Waals surface area contributed by atoms with Crippen molar-refractivity contribution in [3.63, 3.8) is 0 Å². The summed E-state index contributed by atoms with van der Waals surface area (Å²) in [6, 6.07) is 3.70. The Labute approximate surface area is 116 Å². The molecule has 0 aliphatic carbocycles. The monoisotopic (exact) mass is 278 g/mol. The summed E-state index contributed by atoms with van der Waals surface area (Å²) < 4.78 is 6.76. The Balaban J connectivity index is 2.11. The van der Waals surface area contributed by atoms with Crippen LogP contribution in [0.2, 0.25) is 0 Å². The van der Waals surface area contributed by atoms with Crippen LogP contribution >= 0.6 is 0 Å². The van der Waals surface area contributed by atoms with Crippen LogP contribution in [0.25, 0.3) is 0 Å². The number of furan rings is 1. The number of anilines is 1. The first-order valence-electron chi connectivity index (χ1n) is 6.60. The summed E-state index contributed by atoms with van der Waals surface area (Å²) in [5.41, 5.74) is 0.606. The minimum Gasteiger partial charge on any atom is -0.469 e. The summed E-state index contributed by atoms with van der Waals surface area (Å²) >= 11 is 0. The van der Waals surface area contributed by atoms with Gasteiger partial charge in [-0.05, 0) is 18.6 Å². The highest BCUT2D eigenvalue weighted by Crippen LogP contribution is 2.28. The van der Waals surface area contributed by atoms with Crippen LogP contribution in [0.1, 0.15) is 24.8 Å². The highest BCUT2D eigenvalue weighted by molar-refractivity contribution is 5.59. The van der Waals surface area contributed by atoms with Gasteiger partial charge in [0.1, 0.15) is 11.5 Å². The van der Waals surface area contributed by atoms with E-state index in [1.807, 2.05) is 19.1 Å². The number of aryl methyl sites for hydroxylation is 2. The smallest absolute Gasteiger partial charge is 0.333 e. The average Bonchev–Trinajstić information content (AvgIpc) is 2.99. The second kappa shape index (κ2) is 6.23. The maximum atomic E-state index is 11.2. The molecule has 7 heteroatoms. The Kier molecular flexibility index (Phi) is 4.39. The van der Waals surface area contributed by atoms with E-state index in [0.717, 1.165) is 12.2 Å². The zero-order valence-corrected chi connectivity index (χ0v) is 11.6. The van der Waals surface area contributed by atoms with Gasteiger partial charge in [0.15, 0.2) is 0 Å². The van der Waals surface area contributed by atoms with Crippen LogP contribution in [0.4, 0.5) is 11.5 Å². The zero-order valence-electron chi connectivity index (χ0n) is 11.6. The van der Waals surface area contributed by atoms with E-state index in [4.69, 9.17) is 4.42 Å². The van der Waals surface area contributed by atoms with Crippen LogP contribution in [-0.4, -0.2) is 21.2 Å². The fourth-order valence-corrected chi connectivity index (χ4v) is 2.12. The van der Waals surface area contributed by atoms with Crippen molar-refractivity contribution in [2.24, 2.45) is 7.05 Å². The molecule has 0 unspecified atom stereocenters. The maximum absolute atomic E-state index is 11.2. The molecule has 0 radical (unpaired) electrons.